The molecule has 0 radical (unpaired) electrons. The van der Waals surface area contributed by atoms with Crippen molar-refractivity contribution >= 4 is 11.8 Å². The number of amides is 2. The molecule has 0 spiro atoms. The number of carbonyl (C=O) groups excluding carboxylic acids is 2. The summed E-state index contributed by atoms with van der Waals surface area (Å²) in [4.78, 5) is 32.4. The Labute approximate surface area is 164 Å². The van der Waals surface area contributed by atoms with Gasteiger partial charge in [0, 0.05) is 50.1 Å². The molecule has 0 saturated carbocycles. The van der Waals surface area contributed by atoms with E-state index in [-0.39, 0.29) is 11.8 Å². The first-order valence-corrected chi connectivity index (χ1v) is 9.10. The fraction of sp³-hybridized carbons (Fsp3) is 0.182. The van der Waals surface area contributed by atoms with E-state index in [1.54, 1.807) is 18.5 Å². The van der Waals surface area contributed by atoms with E-state index in [4.69, 9.17) is 0 Å². The van der Waals surface area contributed by atoms with Gasteiger partial charge in [-0.25, -0.2) is 0 Å². The molecule has 2 aromatic heterocycles. The first-order valence-electron chi connectivity index (χ1n) is 9.10. The highest BCUT2D eigenvalue weighted by atomic mass is 16.2. The largest absolute Gasteiger partial charge is 0.352 e. The molecular weight excluding hydrogens is 352 g/mol. The monoisotopic (exact) mass is 374 g/mol. The SMILES string of the molecule is CC(=O)NCc1cccc(-c2cccnc2C(=O)NCCc2ccccn2)c1. The second-order valence-corrected chi connectivity index (χ2v) is 6.34. The molecule has 0 atom stereocenters. The van der Waals surface area contributed by atoms with Crippen LogP contribution in [0.4, 0.5) is 0 Å². The summed E-state index contributed by atoms with van der Waals surface area (Å²) in [5, 5.41) is 5.70. The number of nitrogens with zero attached hydrogens (tertiary/aromatic N) is 2. The summed E-state index contributed by atoms with van der Waals surface area (Å²) >= 11 is 0. The Hall–Kier alpha value is -3.54. The normalized spacial score (nSPS) is 10.3. The van der Waals surface area contributed by atoms with Gasteiger partial charge >= 0.3 is 0 Å². The van der Waals surface area contributed by atoms with E-state index in [1.807, 2.05) is 48.5 Å². The minimum atomic E-state index is -0.223. The Kier molecular flexibility index (Phi) is 6.46. The van der Waals surface area contributed by atoms with Gasteiger partial charge in [-0.3, -0.25) is 19.6 Å². The van der Waals surface area contributed by atoms with Crippen LogP contribution in [0.25, 0.3) is 11.1 Å². The van der Waals surface area contributed by atoms with Gasteiger partial charge in [0.15, 0.2) is 0 Å². The average Bonchev–Trinajstić information content (AvgIpc) is 2.73. The highest BCUT2D eigenvalue weighted by Crippen LogP contribution is 2.23. The Morgan fingerprint density at radius 3 is 2.57 bits per heavy atom. The molecule has 0 aliphatic heterocycles. The van der Waals surface area contributed by atoms with Crippen LogP contribution < -0.4 is 10.6 Å². The highest BCUT2D eigenvalue weighted by Gasteiger charge is 2.14. The van der Waals surface area contributed by atoms with E-state index in [0.717, 1.165) is 22.4 Å². The van der Waals surface area contributed by atoms with Gasteiger partial charge in [0.1, 0.15) is 5.69 Å². The van der Waals surface area contributed by atoms with E-state index < -0.39 is 0 Å². The van der Waals surface area contributed by atoms with Crippen molar-refractivity contribution in [3.63, 3.8) is 0 Å². The minimum Gasteiger partial charge on any atom is -0.352 e. The standard InChI is InChI=1S/C22H22N4O2/c1-16(27)26-15-17-6-4-7-18(14-17)20-9-5-12-24-21(20)22(28)25-13-10-19-8-2-3-11-23-19/h2-9,11-12,14H,10,13,15H2,1H3,(H,25,28)(H,26,27). The third-order valence-corrected chi connectivity index (χ3v) is 4.20. The smallest absolute Gasteiger partial charge is 0.270 e. The molecular formula is C22H22N4O2. The summed E-state index contributed by atoms with van der Waals surface area (Å²) < 4.78 is 0. The number of benzene rings is 1. The summed E-state index contributed by atoms with van der Waals surface area (Å²) in [6.45, 7) is 2.40. The van der Waals surface area contributed by atoms with Crippen LogP contribution in [0.15, 0.2) is 67.0 Å². The van der Waals surface area contributed by atoms with Gasteiger partial charge in [-0.05, 0) is 35.4 Å². The molecule has 0 aliphatic rings. The van der Waals surface area contributed by atoms with Crippen LogP contribution in [-0.4, -0.2) is 28.3 Å². The molecule has 0 aliphatic carbocycles. The summed E-state index contributed by atoms with van der Waals surface area (Å²) in [5.41, 5.74) is 3.89. The molecule has 6 nitrogen and oxygen atoms in total. The maximum absolute atomic E-state index is 12.7. The van der Waals surface area contributed by atoms with Crippen molar-refractivity contribution in [3.05, 3.63) is 83.9 Å². The summed E-state index contributed by atoms with van der Waals surface area (Å²) in [7, 11) is 0. The quantitative estimate of drug-likeness (QED) is 0.666. The minimum absolute atomic E-state index is 0.0836. The first kappa shape index (κ1) is 19.2. The lowest BCUT2D eigenvalue weighted by Gasteiger charge is -2.11. The van der Waals surface area contributed by atoms with Crippen LogP contribution in [0, 0.1) is 0 Å². The van der Waals surface area contributed by atoms with Crippen molar-refractivity contribution < 1.29 is 9.59 Å². The molecule has 3 aromatic rings. The van der Waals surface area contributed by atoms with Crippen LogP contribution in [0.3, 0.4) is 0 Å². The maximum atomic E-state index is 12.7. The first-order chi connectivity index (χ1) is 13.6. The summed E-state index contributed by atoms with van der Waals surface area (Å²) in [6.07, 6.45) is 4.00. The van der Waals surface area contributed by atoms with Gasteiger partial charge in [0.25, 0.3) is 5.91 Å². The van der Waals surface area contributed by atoms with Crippen molar-refractivity contribution in [1.29, 1.82) is 0 Å². The van der Waals surface area contributed by atoms with Gasteiger partial charge in [-0.1, -0.05) is 30.3 Å². The van der Waals surface area contributed by atoms with Crippen molar-refractivity contribution in [1.82, 2.24) is 20.6 Å². The molecule has 0 unspecified atom stereocenters. The van der Waals surface area contributed by atoms with Crippen LogP contribution in [0.5, 0.6) is 0 Å². The van der Waals surface area contributed by atoms with Gasteiger partial charge in [-0.15, -0.1) is 0 Å². The van der Waals surface area contributed by atoms with Crippen molar-refractivity contribution in [2.24, 2.45) is 0 Å². The molecule has 2 heterocycles. The predicted molar refractivity (Wildman–Crippen MR) is 107 cm³/mol. The van der Waals surface area contributed by atoms with Crippen LogP contribution in [-0.2, 0) is 17.8 Å². The lowest BCUT2D eigenvalue weighted by atomic mass is 10.0. The molecule has 0 fully saturated rings. The van der Waals surface area contributed by atoms with Crippen molar-refractivity contribution in [3.8, 4) is 11.1 Å². The number of carbonyl (C=O) groups is 2. The number of hydrogen-bond donors (Lipinski definition) is 2. The topological polar surface area (TPSA) is 84.0 Å². The lowest BCUT2D eigenvalue weighted by molar-refractivity contribution is -0.119. The van der Waals surface area contributed by atoms with Gasteiger partial charge < -0.3 is 10.6 Å². The fourth-order valence-corrected chi connectivity index (χ4v) is 2.83. The Bertz CT molecular complexity index is 958. The van der Waals surface area contributed by atoms with E-state index in [2.05, 4.69) is 20.6 Å². The fourth-order valence-electron chi connectivity index (χ4n) is 2.83. The lowest BCUT2D eigenvalue weighted by Crippen LogP contribution is -2.27. The second-order valence-electron chi connectivity index (χ2n) is 6.34. The highest BCUT2D eigenvalue weighted by molar-refractivity contribution is 5.98. The van der Waals surface area contributed by atoms with Gasteiger partial charge in [-0.2, -0.15) is 0 Å². The van der Waals surface area contributed by atoms with Crippen LogP contribution >= 0.6 is 0 Å². The molecule has 28 heavy (non-hydrogen) atoms. The van der Waals surface area contributed by atoms with E-state index >= 15 is 0 Å². The van der Waals surface area contributed by atoms with E-state index in [1.165, 1.54) is 6.92 Å². The summed E-state index contributed by atoms with van der Waals surface area (Å²) in [6, 6.07) is 17.1. The molecule has 1 aromatic carbocycles. The third-order valence-electron chi connectivity index (χ3n) is 4.20. The molecule has 142 valence electrons. The molecule has 2 N–H and O–H groups in total. The Morgan fingerprint density at radius 1 is 0.929 bits per heavy atom. The van der Waals surface area contributed by atoms with E-state index in [9.17, 15) is 9.59 Å². The van der Waals surface area contributed by atoms with Crippen LogP contribution in [0.1, 0.15) is 28.7 Å². The Balaban J connectivity index is 1.72. The average molecular weight is 374 g/mol. The predicted octanol–water partition coefficient (Wildman–Crippen LogP) is 2.75. The van der Waals surface area contributed by atoms with Crippen molar-refractivity contribution in [2.45, 2.75) is 19.9 Å². The summed E-state index contributed by atoms with van der Waals surface area (Å²) in [5.74, 6) is -0.307. The van der Waals surface area contributed by atoms with Gasteiger partial charge in [0.05, 0.1) is 0 Å². The zero-order chi connectivity index (χ0) is 19.8. The number of aromatic nitrogens is 2. The zero-order valence-corrected chi connectivity index (χ0v) is 15.7. The molecule has 6 heteroatoms. The van der Waals surface area contributed by atoms with Gasteiger partial charge in [0.2, 0.25) is 5.91 Å². The van der Waals surface area contributed by atoms with E-state index in [0.29, 0.717) is 25.2 Å². The second kappa shape index (κ2) is 9.41. The third kappa shape index (κ3) is 5.23. The number of hydrogen-bond acceptors (Lipinski definition) is 4. The maximum Gasteiger partial charge on any atom is 0.270 e. The molecule has 0 saturated heterocycles. The number of rotatable bonds is 7. The van der Waals surface area contributed by atoms with Crippen molar-refractivity contribution in [2.75, 3.05) is 6.54 Å². The molecule has 3 rings (SSSR count). The zero-order valence-electron chi connectivity index (χ0n) is 15.7. The Morgan fingerprint density at radius 2 is 1.79 bits per heavy atom. The molecule has 0 bridgehead atoms. The number of nitrogens with one attached hydrogen (secondary N) is 2. The molecule has 2 amide bonds. The number of pyridine rings is 2. The van der Waals surface area contributed by atoms with Crippen LogP contribution in [0.2, 0.25) is 0 Å².